The van der Waals surface area contributed by atoms with Gasteiger partial charge in [0.15, 0.2) is 0 Å². The second-order valence-corrected chi connectivity index (χ2v) is 7.37. The standard InChI is InChI=1S/C16H30O4/c1-7-15(3,4)9-13(14(18)19)10-16(5,6)8-12(2)20-11-17/h11-13H,7-10H2,1-6H3,(H,18,19). The van der Waals surface area contributed by atoms with Crippen LogP contribution in [-0.2, 0) is 14.3 Å². The lowest BCUT2D eigenvalue weighted by Gasteiger charge is -2.33. The molecule has 0 aromatic rings. The quantitative estimate of drug-likeness (QED) is 0.619. The third-order valence-electron chi connectivity index (χ3n) is 4.03. The van der Waals surface area contributed by atoms with Gasteiger partial charge in [0.05, 0.1) is 12.0 Å². The maximum absolute atomic E-state index is 11.5. The molecule has 4 heteroatoms. The molecular weight excluding hydrogens is 256 g/mol. The van der Waals surface area contributed by atoms with E-state index in [0.29, 0.717) is 25.7 Å². The highest BCUT2D eigenvalue weighted by Gasteiger charge is 2.33. The van der Waals surface area contributed by atoms with E-state index in [-0.39, 0.29) is 22.9 Å². The first-order valence-electron chi connectivity index (χ1n) is 7.35. The average Bonchev–Trinajstić information content (AvgIpc) is 2.26. The molecule has 0 aliphatic rings. The zero-order valence-electron chi connectivity index (χ0n) is 13.7. The molecule has 0 radical (unpaired) electrons. The van der Waals surface area contributed by atoms with Crippen LogP contribution < -0.4 is 0 Å². The molecule has 118 valence electrons. The van der Waals surface area contributed by atoms with Crippen LogP contribution >= 0.6 is 0 Å². The third kappa shape index (κ3) is 7.51. The van der Waals surface area contributed by atoms with Crippen LogP contribution in [0.3, 0.4) is 0 Å². The van der Waals surface area contributed by atoms with Crippen molar-refractivity contribution in [1.29, 1.82) is 0 Å². The van der Waals surface area contributed by atoms with Crippen molar-refractivity contribution in [2.45, 2.75) is 73.3 Å². The molecule has 0 saturated heterocycles. The van der Waals surface area contributed by atoms with Crippen molar-refractivity contribution in [2.24, 2.45) is 16.7 Å². The number of carbonyl (C=O) groups excluding carboxylic acids is 1. The Morgan fingerprint density at radius 1 is 1.15 bits per heavy atom. The van der Waals surface area contributed by atoms with Crippen LogP contribution in [0.1, 0.15) is 67.2 Å². The molecule has 20 heavy (non-hydrogen) atoms. The number of carboxylic acids is 1. The Bertz CT molecular complexity index is 320. The molecule has 0 spiro atoms. The topological polar surface area (TPSA) is 63.6 Å². The Labute approximate surface area is 122 Å². The largest absolute Gasteiger partial charge is 0.481 e. The van der Waals surface area contributed by atoms with Gasteiger partial charge < -0.3 is 9.84 Å². The fourth-order valence-corrected chi connectivity index (χ4v) is 2.73. The molecule has 2 unspecified atom stereocenters. The van der Waals surface area contributed by atoms with E-state index in [1.807, 2.05) is 20.8 Å². The van der Waals surface area contributed by atoms with Gasteiger partial charge in [0.25, 0.3) is 6.47 Å². The van der Waals surface area contributed by atoms with E-state index >= 15 is 0 Å². The van der Waals surface area contributed by atoms with Crippen LogP contribution in [0, 0.1) is 16.7 Å². The van der Waals surface area contributed by atoms with Crippen molar-refractivity contribution in [3.05, 3.63) is 0 Å². The van der Waals surface area contributed by atoms with E-state index in [1.54, 1.807) is 0 Å². The number of hydrogen-bond donors (Lipinski definition) is 1. The second kappa shape index (κ2) is 7.65. The van der Waals surface area contributed by atoms with E-state index in [2.05, 4.69) is 20.8 Å². The molecule has 0 bridgehead atoms. The zero-order valence-corrected chi connectivity index (χ0v) is 13.7. The maximum atomic E-state index is 11.5. The Kier molecular flexibility index (Phi) is 7.25. The van der Waals surface area contributed by atoms with Gasteiger partial charge in [0, 0.05) is 0 Å². The van der Waals surface area contributed by atoms with Gasteiger partial charge in [0.2, 0.25) is 0 Å². The molecule has 1 N–H and O–H groups in total. The first kappa shape index (κ1) is 18.9. The van der Waals surface area contributed by atoms with Crippen molar-refractivity contribution < 1.29 is 19.4 Å². The van der Waals surface area contributed by atoms with Gasteiger partial charge in [-0.05, 0) is 37.0 Å². The molecule has 0 saturated carbocycles. The SMILES string of the molecule is CCC(C)(C)CC(CC(C)(C)CC(C)OC=O)C(=O)O. The summed E-state index contributed by atoms with van der Waals surface area (Å²) in [5.74, 6) is -1.09. The van der Waals surface area contributed by atoms with Gasteiger partial charge in [0.1, 0.15) is 0 Å². The van der Waals surface area contributed by atoms with Crippen molar-refractivity contribution >= 4 is 12.4 Å². The van der Waals surface area contributed by atoms with Crippen LogP contribution in [0.4, 0.5) is 0 Å². The summed E-state index contributed by atoms with van der Waals surface area (Å²) in [6, 6.07) is 0. The van der Waals surface area contributed by atoms with Crippen molar-refractivity contribution in [1.82, 2.24) is 0 Å². The van der Waals surface area contributed by atoms with Gasteiger partial charge >= 0.3 is 5.97 Å². The number of hydrogen-bond acceptors (Lipinski definition) is 3. The van der Waals surface area contributed by atoms with Crippen molar-refractivity contribution in [3.8, 4) is 0 Å². The highest BCUT2D eigenvalue weighted by Crippen LogP contribution is 2.37. The lowest BCUT2D eigenvalue weighted by atomic mass is 9.72. The predicted octanol–water partition coefficient (Wildman–Crippen LogP) is 3.88. The summed E-state index contributed by atoms with van der Waals surface area (Å²) < 4.78 is 4.91. The maximum Gasteiger partial charge on any atom is 0.306 e. The third-order valence-corrected chi connectivity index (χ3v) is 4.03. The molecule has 0 rings (SSSR count). The van der Waals surface area contributed by atoms with Crippen LogP contribution in [0.15, 0.2) is 0 Å². The summed E-state index contributed by atoms with van der Waals surface area (Å²) in [6.07, 6.45) is 2.71. The van der Waals surface area contributed by atoms with E-state index in [0.717, 1.165) is 6.42 Å². The van der Waals surface area contributed by atoms with E-state index in [1.165, 1.54) is 0 Å². The minimum atomic E-state index is -0.733. The molecule has 0 aliphatic carbocycles. The normalized spacial score (nSPS) is 15.5. The molecule has 0 heterocycles. The van der Waals surface area contributed by atoms with Crippen molar-refractivity contribution in [3.63, 3.8) is 0 Å². The number of carbonyl (C=O) groups is 2. The zero-order chi connectivity index (χ0) is 16.0. The summed E-state index contributed by atoms with van der Waals surface area (Å²) >= 11 is 0. The number of carboxylic acid groups (broad SMARTS) is 1. The first-order chi connectivity index (χ1) is 9.03. The smallest absolute Gasteiger partial charge is 0.306 e. The fourth-order valence-electron chi connectivity index (χ4n) is 2.73. The number of ether oxygens (including phenoxy) is 1. The Morgan fingerprint density at radius 2 is 1.65 bits per heavy atom. The van der Waals surface area contributed by atoms with Gasteiger partial charge in [-0.1, -0.05) is 41.0 Å². The van der Waals surface area contributed by atoms with Gasteiger partial charge in [-0.2, -0.15) is 0 Å². The minimum absolute atomic E-state index is 0.0318. The lowest BCUT2D eigenvalue weighted by Crippen LogP contribution is -2.30. The van der Waals surface area contributed by atoms with Crippen molar-refractivity contribution in [2.75, 3.05) is 0 Å². The molecule has 0 aromatic heterocycles. The van der Waals surface area contributed by atoms with E-state index in [9.17, 15) is 14.7 Å². The van der Waals surface area contributed by atoms with Crippen LogP contribution in [-0.4, -0.2) is 23.7 Å². The van der Waals surface area contributed by atoms with E-state index < -0.39 is 5.97 Å². The van der Waals surface area contributed by atoms with Crippen LogP contribution in [0.2, 0.25) is 0 Å². The summed E-state index contributed by atoms with van der Waals surface area (Å²) in [4.78, 5) is 21.8. The first-order valence-corrected chi connectivity index (χ1v) is 7.35. The molecule has 0 aliphatic heterocycles. The van der Waals surface area contributed by atoms with Crippen LogP contribution in [0.25, 0.3) is 0 Å². The lowest BCUT2D eigenvalue weighted by molar-refractivity contribution is -0.145. The van der Waals surface area contributed by atoms with Gasteiger partial charge in [-0.25, -0.2) is 0 Å². The summed E-state index contributed by atoms with van der Waals surface area (Å²) in [6.45, 7) is 12.7. The predicted molar refractivity (Wildman–Crippen MR) is 79.4 cm³/mol. The van der Waals surface area contributed by atoms with Gasteiger partial charge in [-0.15, -0.1) is 0 Å². The summed E-state index contributed by atoms with van der Waals surface area (Å²) in [7, 11) is 0. The number of rotatable bonds is 10. The Morgan fingerprint density at radius 3 is 2.05 bits per heavy atom. The van der Waals surface area contributed by atoms with Crippen LogP contribution in [0.5, 0.6) is 0 Å². The molecule has 4 nitrogen and oxygen atoms in total. The van der Waals surface area contributed by atoms with Gasteiger partial charge in [-0.3, -0.25) is 9.59 Å². The molecule has 0 aromatic carbocycles. The number of aliphatic carboxylic acids is 1. The molecule has 0 amide bonds. The highest BCUT2D eigenvalue weighted by atomic mass is 16.5. The minimum Gasteiger partial charge on any atom is -0.481 e. The molecule has 0 fully saturated rings. The highest BCUT2D eigenvalue weighted by molar-refractivity contribution is 5.70. The molecular formula is C16H30O4. The Hall–Kier alpha value is -1.06. The summed E-state index contributed by atoms with van der Waals surface area (Å²) in [5.41, 5.74) is -0.140. The second-order valence-electron chi connectivity index (χ2n) is 7.37. The monoisotopic (exact) mass is 286 g/mol. The van der Waals surface area contributed by atoms with E-state index in [4.69, 9.17) is 4.74 Å². The molecule has 2 atom stereocenters. The fraction of sp³-hybridized carbons (Fsp3) is 0.875. The average molecular weight is 286 g/mol. The Balaban J connectivity index is 4.72. The summed E-state index contributed by atoms with van der Waals surface area (Å²) in [5, 5.41) is 9.45.